The van der Waals surface area contributed by atoms with E-state index in [2.05, 4.69) is 0 Å². The molecule has 0 aromatic heterocycles. The first kappa shape index (κ1) is 9.99. The van der Waals surface area contributed by atoms with Crippen molar-refractivity contribution in [2.24, 2.45) is 5.41 Å². The average Bonchev–Trinajstić information content (AvgIpc) is 2.34. The molecular weight excluding hydrogens is 176 g/mol. The summed E-state index contributed by atoms with van der Waals surface area (Å²) in [4.78, 5) is 0. The Morgan fingerprint density at radius 1 is 1.33 bits per heavy atom. The van der Waals surface area contributed by atoms with Gasteiger partial charge in [-0.2, -0.15) is 8.42 Å². The molecule has 4 heteroatoms. The van der Waals surface area contributed by atoms with Crippen LogP contribution in [0.5, 0.6) is 0 Å². The smallest absolute Gasteiger partial charge is 0.270 e. The van der Waals surface area contributed by atoms with Gasteiger partial charge in [0, 0.05) is 0 Å². The van der Waals surface area contributed by atoms with Crippen LogP contribution >= 0.6 is 0 Å². The molecule has 1 unspecified atom stereocenters. The summed E-state index contributed by atoms with van der Waals surface area (Å²) in [6.07, 6.45) is 0.697. The normalized spacial score (nSPS) is 33.3. The van der Waals surface area contributed by atoms with E-state index < -0.39 is 14.9 Å². The van der Waals surface area contributed by atoms with Crippen LogP contribution < -0.4 is 0 Å². The average molecular weight is 192 g/mol. The lowest BCUT2D eigenvalue weighted by atomic mass is 10.1. The third-order valence-electron chi connectivity index (χ3n) is 2.91. The largest absolute Gasteiger partial charge is 0.273 e. The molecule has 0 aromatic rings. The fourth-order valence-corrected chi connectivity index (χ4v) is 3.30. The van der Waals surface area contributed by atoms with Crippen molar-refractivity contribution in [1.29, 1.82) is 0 Å². The lowest BCUT2D eigenvalue weighted by molar-refractivity contribution is 0.324. The van der Waals surface area contributed by atoms with Gasteiger partial charge >= 0.3 is 0 Å². The molecule has 0 spiro atoms. The fourth-order valence-electron chi connectivity index (χ4n) is 1.51. The maximum Gasteiger partial charge on any atom is 0.273 e. The fraction of sp³-hybridized carbons (Fsp3) is 1.00. The van der Waals surface area contributed by atoms with Crippen molar-refractivity contribution in [2.45, 2.75) is 38.9 Å². The molecule has 12 heavy (non-hydrogen) atoms. The van der Waals surface area contributed by atoms with E-state index in [1.165, 1.54) is 0 Å². The molecule has 0 heterocycles. The molecule has 0 bridgehead atoms. The van der Waals surface area contributed by atoms with E-state index >= 15 is 0 Å². The van der Waals surface area contributed by atoms with Gasteiger partial charge in [0.2, 0.25) is 0 Å². The summed E-state index contributed by atoms with van der Waals surface area (Å²) < 4.78 is 27.1. The van der Waals surface area contributed by atoms with Gasteiger partial charge in [0.05, 0.1) is 6.61 Å². The van der Waals surface area contributed by atoms with E-state index in [-0.39, 0.29) is 12.0 Å². The number of hydrogen-bond donors (Lipinski definition) is 0. The molecule has 1 aliphatic rings. The molecule has 72 valence electrons. The highest BCUT2D eigenvalue weighted by atomic mass is 32.2. The highest BCUT2D eigenvalue weighted by Crippen LogP contribution is 2.60. The van der Waals surface area contributed by atoms with E-state index in [1.807, 2.05) is 13.8 Å². The highest BCUT2D eigenvalue weighted by molar-refractivity contribution is 7.88. The summed E-state index contributed by atoms with van der Waals surface area (Å²) in [6, 6.07) is 0. The van der Waals surface area contributed by atoms with E-state index in [0.29, 0.717) is 6.42 Å². The van der Waals surface area contributed by atoms with Gasteiger partial charge in [-0.25, -0.2) is 0 Å². The van der Waals surface area contributed by atoms with Crippen molar-refractivity contribution in [3.05, 3.63) is 0 Å². The predicted molar refractivity (Wildman–Crippen MR) is 47.3 cm³/mol. The first-order chi connectivity index (χ1) is 5.27. The lowest BCUT2D eigenvalue weighted by Crippen LogP contribution is -2.26. The zero-order chi connectivity index (χ0) is 9.62. The van der Waals surface area contributed by atoms with Gasteiger partial charge in [0.1, 0.15) is 4.75 Å². The van der Waals surface area contributed by atoms with Crippen LogP contribution in [-0.2, 0) is 14.3 Å². The summed E-state index contributed by atoms with van der Waals surface area (Å²) >= 11 is 0. The summed E-state index contributed by atoms with van der Waals surface area (Å²) in [6.45, 7) is 7.56. The Balaban J connectivity index is 2.86. The molecule has 1 saturated carbocycles. The lowest BCUT2D eigenvalue weighted by Gasteiger charge is -2.14. The van der Waals surface area contributed by atoms with E-state index in [9.17, 15) is 8.42 Å². The van der Waals surface area contributed by atoms with Crippen LogP contribution in [0.1, 0.15) is 34.1 Å². The van der Waals surface area contributed by atoms with Gasteiger partial charge in [0.25, 0.3) is 10.1 Å². The molecule has 3 nitrogen and oxygen atoms in total. The molecular formula is C8H16O3S. The van der Waals surface area contributed by atoms with Crippen LogP contribution in [0.4, 0.5) is 0 Å². The Kier molecular flexibility index (Phi) is 2.04. The van der Waals surface area contributed by atoms with E-state index in [4.69, 9.17) is 4.18 Å². The minimum Gasteiger partial charge on any atom is -0.270 e. The Labute approximate surface area is 74.2 Å². The van der Waals surface area contributed by atoms with Gasteiger partial charge in [-0.1, -0.05) is 13.8 Å². The molecule has 0 aromatic carbocycles. The molecule has 1 atom stereocenters. The summed E-state index contributed by atoms with van der Waals surface area (Å²) in [5, 5.41) is 0. The summed E-state index contributed by atoms with van der Waals surface area (Å²) in [7, 11) is -3.34. The van der Waals surface area contributed by atoms with Gasteiger partial charge in [-0.15, -0.1) is 0 Å². The second-order valence-corrected chi connectivity index (χ2v) is 6.20. The number of rotatable bonds is 3. The third-order valence-corrected chi connectivity index (χ3v) is 5.26. The Morgan fingerprint density at radius 3 is 2.00 bits per heavy atom. The van der Waals surface area contributed by atoms with Crippen molar-refractivity contribution < 1.29 is 12.6 Å². The van der Waals surface area contributed by atoms with Crippen LogP contribution in [0.2, 0.25) is 0 Å². The molecule has 1 aliphatic carbocycles. The first-order valence-electron chi connectivity index (χ1n) is 4.16. The van der Waals surface area contributed by atoms with Crippen molar-refractivity contribution in [1.82, 2.24) is 0 Å². The minimum atomic E-state index is -3.34. The van der Waals surface area contributed by atoms with Crippen LogP contribution in [0.25, 0.3) is 0 Å². The van der Waals surface area contributed by atoms with Gasteiger partial charge in [-0.05, 0) is 25.7 Å². The van der Waals surface area contributed by atoms with Crippen molar-refractivity contribution >= 4 is 10.1 Å². The molecule has 1 fully saturated rings. The minimum absolute atomic E-state index is 0.124. The topological polar surface area (TPSA) is 43.4 Å². The molecule has 0 saturated heterocycles. The second kappa shape index (κ2) is 2.45. The first-order valence-corrected chi connectivity index (χ1v) is 5.57. The quantitative estimate of drug-likeness (QED) is 0.637. The maximum absolute atomic E-state index is 11.5. The van der Waals surface area contributed by atoms with Crippen LogP contribution in [-0.4, -0.2) is 19.8 Å². The zero-order valence-corrected chi connectivity index (χ0v) is 8.86. The van der Waals surface area contributed by atoms with Crippen LogP contribution in [0.15, 0.2) is 0 Å². The molecule has 1 rings (SSSR count). The van der Waals surface area contributed by atoms with Crippen LogP contribution in [0.3, 0.4) is 0 Å². The van der Waals surface area contributed by atoms with Crippen LogP contribution in [0, 0.1) is 5.41 Å². The van der Waals surface area contributed by atoms with E-state index in [0.717, 1.165) is 0 Å². The molecule has 0 radical (unpaired) electrons. The predicted octanol–water partition coefficient (Wildman–Crippen LogP) is 1.54. The standard InChI is InChI=1S/C8H16O3S/c1-5-11-12(9,10)8(4)6-7(8,2)3/h5-6H2,1-4H3. The maximum atomic E-state index is 11.5. The molecule has 0 aliphatic heterocycles. The van der Waals surface area contributed by atoms with Crippen molar-refractivity contribution in [3.8, 4) is 0 Å². The van der Waals surface area contributed by atoms with Gasteiger partial charge in [0.15, 0.2) is 0 Å². The second-order valence-electron chi connectivity index (χ2n) is 4.15. The van der Waals surface area contributed by atoms with E-state index in [1.54, 1.807) is 13.8 Å². The molecule has 0 amide bonds. The van der Waals surface area contributed by atoms with Gasteiger partial charge in [-0.3, -0.25) is 4.18 Å². The summed E-state index contributed by atoms with van der Waals surface area (Å²) in [5.74, 6) is 0. The van der Waals surface area contributed by atoms with Crippen molar-refractivity contribution in [2.75, 3.05) is 6.61 Å². The Bertz CT molecular complexity index is 279. The Morgan fingerprint density at radius 2 is 1.75 bits per heavy atom. The third kappa shape index (κ3) is 1.17. The summed E-state index contributed by atoms with van der Waals surface area (Å²) in [5.41, 5.74) is -0.124. The monoisotopic (exact) mass is 192 g/mol. The SMILES string of the molecule is CCOS(=O)(=O)C1(C)CC1(C)C. The number of hydrogen-bond acceptors (Lipinski definition) is 3. The molecule has 0 N–H and O–H groups in total. The van der Waals surface area contributed by atoms with Crippen molar-refractivity contribution in [3.63, 3.8) is 0 Å². The zero-order valence-electron chi connectivity index (χ0n) is 8.05. The highest BCUT2D eigenvalue weighted by Gasteiger charge is 2.66. The Hall–Kier alpha value is -0.0900. The van der Waals surface area contributed by atoms with Gasteiger partial charge < -0.3 is 0 Å².